The van der Waals surface area contributed by atoms with E-state index in [-0.39, 0.29) is 25.0 Å². The van der Waals surface area contributed by atoms with Crippen LogP contribution in [0.15, 0.2) is 29.3 Å². The van der Waals surface area contributed by atoms with Gasteiger partial charge in [-0.1, -0.05) is 25.5 Å². The standard InChI is InChI=1S/C21H29N3O5/c1-3-16(8-6-7-11-22-2)19(25)23-12-13-28-14-15-29-24-20(26)17-9-4-5-10-18(17)21(24)27/h4-5,9-10,16H,2-3,6-8,11-15H2,1H3,(H,23,25)/t16-/m0/s1. The third-order valence-corrected chi connectivity index (χ3v) is 4.73. The SMILES string of the molecule is C=NCCCC[C@H](CC)C(=O)NCCOCCON1C(=O)c2ccccc2C1=O. The number of unbranched alkanes of at least 4 members (excludes halogenated alkanes) is 1. The first-order chi connectivity index (χ1) is 14.1. The largest absolute Gasteiger partial charge is 0.377 e. The molecule has 3 amide bonds. The van der Waals surface area contributed by atoms with Crippen LogP contribution in [-0.4, -0.2) is 62.4 Å². The Labute approximate surface area is 171 Å². The van der Waals surface area contributed by atoms with Gasteiger partial charge in [0, 0.05) is 19.0 Å². The van der Waals surface area contributed by atoms with Gasteiger partial charge in [-0.15, -0.1) is 5.06 Å². The summed E-state index contributed by atoms with van der Waals surface area (Å²) < 4.78 is 5.41. The molecular formula is C21H29N3O5. The van der Waals surface area contributed by atoms with E-state index in [1.165, 1.54) is 0 Å². The first-order valence-corrected chi connectivity index (χ1v) is 9.98. The molecule has 8 nitrogen and oxygen atoms in total. The van der Waals surface area contributed by atoms with Crippen LogP contribution in [0.25, 0.3) is 0 Å². The van der Waals surface area contributed by atoms with Gasteiger partial charge >= 0.3 is 0 Å². The summed E-state index contributed by atoms with van der Waals surface area (Å²) in [5.74, 6) is -0.901. The minimum absolute atomic E-state index is 0.00280. The van der Waals surface area contributed by atoms with Crippen LogP contribution in [0.2, 0.25) is 0 Å². The van der Waals surface area contributed by atoms with Crippen molar-refractivity contribution < 1.29 is 24.0 Å². The molecule has 1 aromatic rings. The summed E-state index contributed by atoms with van der Waals surface area (Å²) in [7, 11) is 0. The molecule has 1 aliphatic rings. The van der Waals surface area contributed by atoms with Gasteiger partial charge in [0.2, 0.25) is 5.91 Å². The fraction of sp³-hybridized carbons (Fsp3) is 0.524. The molecule has 1 aromatic carbocycles. The van der Waals surface area contributed by atoms with Crippen LogP contribution in [0.1, 0.15) is 53.3 Å². The van der Waals surface area contributed by atoms with Gasteiger partial charge in [-0.2, -0.15) is 0 Å². The predicted octanol–water partition coefficient (Wildman–Crippen LogP) is 2.24. The summed E-state index contributed by atoms with van der Waals surface area (Å²) in [4.78, 5) is 45.5. The van der Waals surface area contributed by atoms with Crippen molar-refractivity contribution in [2.24, 2.45) is 10.9 Å². The molecule has 0 saturated heterocycles. The van der Waals surface area contributed by atoms with Crippen molar-refractivity contribution in [2.75, 3.05) is 32.9 Å². The molecule has 1 atom stereocenters. The van der Waals surface area contributed by atoms with E-state index in [2.05, 4.69) is 17.0 Å². The summed E-state index contributed by atoms with van der Waals surface area (Å²) in [6.45, 7) is 7.18. The quantitative estimate of drug-likeness (QED) is 0.292. The Hall–Kier alpha value is -2.58. The van der Waals surface area contributed by atoms with Crippen LogP contribution in [-0.2, 0) is 14.4 Å². The molecule has 1 aliphatic heterocycles. The Balaban J connectivity index is 1.57. The van der Waals surface area contributed by atoms with Crippen LogP contribution < -0.4 is 5.32 Å². The van der Waals surface area contributed by atoms with Gasteiger partial charge in [-0.25, -0.2) is 0 Å². The van der Waals surface area contributed by atoms with Gasteiger partial charge in [0.1, 0.15) is 0 Å². The zero-order valence-electron chi connectivity index (χ0n) is 16.9. The van der Waals surface area contributed by atoms with E-state index in [1.807, 2.05) is 6.92 Å². The molecule has 0 fully saturated rings. The van der Waals surface area contributed by atoms with E-state index in [0.717, 1.165) is 37.3 Å². The number of ether oxygens (including phenoxy) is 1. The Morgan fingerprint density at radius 1 is 1.14 bits per heavy atom. The third kappa shape index (κ3) is 6.47. The van der Waals surface area contributed by atoms with Crippen molar-refractivity contribution in [2.45, 2.75) is 32.6 Å². The second-order valence-electron chi connectivity index (χ2n) is 6.74. The number of benzene rings is 1. The minimum Gasteiger partial charge on any atom is -0.377 e. The lowest BCUT2D eigenvalue weighted by Crippen LogP contribution is -2.34. The summed E-state index contributed by atoms with van der Waals surface area (Å²) in [5.41, 5.74) is 0.680. The molecule has 0 aromatic heterocycles. The number of amides is 3. The average molecular weight is 403 g/mol. The van der Waals surface area contributed by atoms with E-state index in [1.54, 1.807) is 24.3 Å². The molecule has 29 heavy (non-hydrogen) atoms. The highest BCUT2D eigenvalue weighted by Gasteiger charge is 2.36. The van der Waals surface area contributed by atoms with Crippen LogP contribution in [0.3, 0.4) is 0 Å². The number of carbonyl (C=O) groups excluding carboxylic acids is 3. The molecule has 0 saturated carbocycles. The molecular weight excluding hydrogens is 374 g/mol. The van der Waals surface area contributed by atoms with Gasteiger partial charge in [0.15, 0.2) is 0 Å². The highest BCUT2D eigenvalue weighted by molar-refractivity contribution is 6.20. The van der Waals surface area contributed by atoms with Crippen LogP contribution in [0, 0.1) is 5.92 Å². The monoisotopic (exact) mass is 403 g/mol. The molecule has 8 heteroatoms. The number of nitrogens with one attached hydrogen (secondary N) is 1. The van der Waals surface area contributed by atoms with E-state index in [0.29, 0.717) is 24.3 Å². The van der Waals surface area contributed by atoms with Crippen LogP contribution in [0.4, 0.5) is 0 Å². The maximum Gasteiger partial charge on any atom is 0.285 e. The molecule has 0 unspecified atom stereocenters. The smallest absolute Gasteiger partial charge is 0.285 e. The van der Waals surface area contributed by atoms with Crippen molar-refractivity contribution in [3.05, 3.63) is 35.4 Å². The van der Waals surface area contributed by atoms with Gasteiger partial charge in [-0.3, -0.25) is 19.2 Å². The maximum atomic E-state index is 12.2. The fourth-order valence-corrected chi connectivity index (χ4v) is 3.10. The molecule has 2 rings (SSSR count). The first kappa shape index (κ1) is 22.7. The molecule has 0 spiro atoms. The Morgan fingerprint density at radius 2 is 1.83 bits per heavy atom. The number of hydrogen-bond donors (Lipinski definition) is 1. The molecule has 1 N–H and O–H groups in total. The number of fused-ring (bicyclic) bond motifs is 1. The van der Waals surface area contributed by atoms with Gasteiger partial charge < -0.3 is 15.0 Å². The fourth-order valence-electron chi connectivity index (χ4n) is 3.10. The van der Waals surface area contributed by atoms with Crippen LogP contribution in [0.5, 0.6) is 0 Å². The van der Waals surface area contributed by atoms with Gasteiger partial charge in [-0.05, 0) is 38.1 Å². The van der Waals surface area contributed by atoms with Crippen molar-refractivity contribution in [1.29, 1.82) is 0 Å². The third-order valence-electron chi connectivity index (χ3n) is 4.73. The van der Waals surface area contributed by atoms with Crippen LogP contribution >= 0.6 is 0 Å². The topological polar surface area (TPSA) is 97.3 Å². The average Bonchev–Trinajstić information content (AvgIpc) is 2.98. The molecule has 158 valence electrons. The maximum absolute atomic E-state index is 12.2. The Kier molecular flexibility index (Phi) is 9.46. The van der Waals surface area contributed by atoms with E-state index in [9.17, 15) is 14.4 Å². The van der Waals surface area contributed by atoms with Crippen molar-refractivity contribution >= 4 is 24.4 Å². The number of aliphatic imine (C=N–C) groups is 1. The normalized spacial score (nSPS) is 14.0. The Morgan fingerprint density at radius 3 is 2.45 bits per heavy atom. The minimum atomic E-state index is -0.465. The molecule has 0 radical (unpaired) electrons. The van der Waals surface area contributed by atoms with E-state index in [4.69, 9.17) is 9.57 Å². The number of carbonyl (C=O) groups is 3. The molecule has 0 aliphatic carbocycles. The number of nitrogens with zero attached hydrogens (tertiary/aromatic N) is 2. The van der Waals surface area contributed by atoms with Crippen molar-refractivity contribution in [3.63, 3.8) is 0 Å². The summed E-state index contributed by atoms with van der Waals surface area (Å²) in [5, 5.41) is 3.64. The zero-order valence-corrected chi connectivity index (χ0v) is 16.9. The van der Waals surface area contributed by atoms with Gasteiger partial charge in [0.05, 0.1) is 30.9 Å². The number of rotatable bonds is 14. The lowest BCUT2D eigenvalue weighted by Gasteiger charge is -2.15. The predicted molar refractivity (Wildman–Crippen MR) is 109 cm³/mol. The number of hydroxylamine groups is 2. The second kappa shape index (κ2) is 12.1. The highest BCUT2D eigenvalue weighted by atomic mass is 16.7. The zero-order chi connectivity index (χ0) is 21.1. The number of imide groups is 1. The summed E-state index contributed by atoms with van der Waals surface area (Å²) >= 11 is 0. The van der Waals surface area contributed by atoms with E-state index >= 15 is 0 Å². The van der Waals surface area contributed by atoms with Gasteiger partial charge in [0.25, 0.3) is 11.8 Å². The van der Waals surface area contributed by atoms with Crippen molar-refractivity contribution in [3.8, 4) is 0 Å². The number of hydrogen-bond acceptors (Lipinski definition) is 6. The Bertz CT molecular complexity index is 687. The lowest BCUT2D eigenvalue weighted by atomic mass is 9.98. The molecule has 1 heterocycles. The van der Waals surface area contributed by atoms with E-state index < -0.39 is 11.8 Å². The molecule has 0 bridgehead atoms. The highest BCUT2D eigenvalue weighted by Crippen LogP contribution is 2.22. The summed E-state index contributed by atoms with van der Waals surface area (Å²) in [6.07, 6.45) is 3.54. The summed E-state index contributed by atoms with van der Waals surface area (Å²) in [6, 6.07) is 6.59. The first-order valence-electron chi connectivity index (χ1n) is 9.98. The van der Waals surface area contributed by atoms with Crippen molar-refractivity contribution in [1.82, 2.24) is 10.4 Å². The second-order valence-corrected chi connectivity index (χ2v) is 6.74. The lowest BCUT2D eigenvalue weighted by molar-refractivity contribution is -0.126.